The van der Waals surface area contributed by atoms with Gasteiger partial charge in [-0.2, -0.15) is 0 Å². The Kier molecular flexibility index (Phi) is 5.39. The van der Waals surface area contributed by atoms with Gasteiger partial charge >= 0.3 is 0 Å². The first-order chi connectivity index (χ1) is 14.4. The van der Waals surface area contributed by atoms with Crippen molar-refractivity contribution in [1.29, 1.82) is 0 Å². The first kappa shape index (κ1) is 19.9. The zero-order valence-corrected chi connectivity index (χ0v) is 17.2. The number of anilines is 2. The minimum atomic E-state index is -3.30. The summed E-state index contributed by atoms with van der Waals surface area (Å²) in [6, 6.07) is 13.2. The molecule has 3 aromatic heterocycles. The predicted molar refractivity (Wildman–Crippen MR) is 121 cm³/mol. The summed E-state index contributed by atoms with van der Waals surface area (Å²) in [5.74, 6) is 0.783. The molecule has 0 aliphatic rings. The highest BCUT2D eigenvalue weighted by Gasteiger charge is 2.10. The van der Waals surface area contributed by atoms with E-state index in [0.29, 0.717) is 18.8 Å². The Morgan fingerprint density at radius 3 is 2.40 bits per heavy atom. The molecule has 0 atom stereocenters. The molecule has 5 N–H and O–H groups in total. The average Bonchev–Trinajstić information content (AvgIpc) is 3.15. The lowest BCUT2D eigenvalue weighted by Gasteiger charge is -2.07. The van der Waals surface area contributed by atoms with Crippen LogP contribution >= 0.6 is 0 Å². The third kappa shape index (κ3) is 4.42. The van der Waals surface area contributed by atoms with Crippen LogP contribution in [0.1, 0.15) is 0 Å². The Bertz CT molecular complexity index is 1270. The molecule has 0 radical (unpaired) electrons. The fourth-order valence-electron chi connectivity index (χ4n) is 3.20. The second kappa shape index (κ2) is 8.13. The van der Waals surface area contributed by atoms with Gasteiger partial charge in [0, 0.05) is 59.4 Å². The van der Waals surface area contributed by atoms with E-state index in [2.05, 4.69) is 31.1 Å². The Hall–Kier alpha value is -3.43. The molecule has 0 fully saturated rings. The summed E-state index contributed by atoms with van der Waals surface area (Å²) in [5, 5.41) is 4.14. The predicted octanol–water partition coefficient (Wildman–Crippen LogP) is 3.03. The maximum absolute atomic E-state index is 11.4. The van der Waals surface area contributed by atoms with Crippen LogP contribution < -0.4 is 15.8 Å². The van der Waals surface area contributed by atoms with E-state index in [1.165, 1.54) is 0 Å². The Morgan fingerprint density at radius 2 is 1.73 bits per heavy atom. The number of nitrogens with zero attached hydrogens (tertiary/aromatic N) is 2. The number of aromatic amines is 1. The summed E-state index contributed by atoms with van der Waals surface area (Å²) in [7, 11) is -3.30. The number of sulfonamides is 1. The van der Waals surface area contributed by atoms with Gasteiger partial charge in [0.1, 0.15) is 11.5 Å². The largest absolute Gasteiger partial charge is 0.369 e. The lowest BCUT2D eigenvalue weighted by molar-refractivity contribution is 0.607. The van der Waals surface area contributed by atoms with Gasteiger partial charge in [0.05, 0.1) is 6.26 Å². The molecule has 0 aliphatic heterocycles. The highest BCUT2D eigenvalue weighted by molar-refractivity contribution is 7.92. The van der Waals surface area contributed by atoms with Crippen LogP contribution in [0.2, 0.25) is 0 Å². The number of rotatable bonds is 7. The standard InChI is InChI=1S/C21H22N6O2S/c1-30(28,29)27-17-5-2-14(3-6-17)16-10-18-19(13-26-21(18)25-12-16)15-4-7-20(24-11-15)23-9-8-22/h2-7,10-13,27H,8-9,22H2,1H3,(H,23,24)(H,25,26). The molecule has 30 heavy (non-hydrogen) atoms. The number of nitrogens with one attached hydrogen (secondary N) is 3. The van der Waals surface area contributed by atoms with Crippen molar-refractivity contribution in [3.8, 4) is 22.3 Å². The minimum absolute atomic E-state index is 0.520. The molecule has 9 heteroatoms. The van der Waals surface area contributed by atoms with Crippen LogP contribution in [0.25, 0.3) is 33.3 Å². The highest BCUT2D eigenvalue weighted by atomic mass is 32.2. The minimum Gasteiger partial charge on any atom is -0.369 e. The van der Waals surface area contributed by atoms with Gasteiger partial charge < -0.3 is 16.0 Å². The van der Waals surface area contributed by atoms with E-state index in [1.807, 2.05) is 36.7 Å². The van der Waals surface area contributed by atoms with Crippen LogP contribution in [0, 0.1) is 0 Å². The van der Waals surface area contributed by atoms with Gasteiger partial charge in [0.15, 0.2) is 0 Å². The molecule has 0 spiro atoms. The second-order valence-electron chi connectivity index (χ2n) is 6.92. The fraction of sp³-hybridized carbons (Fsp3) is 0.143. The molecule has 0 amide bonds. The Balaban J connectivity index is 1.64. The molecule has 8 nitrogen and oxygen atoms in total. The maximum atomic E-state index is 11.4. The first-order valence-electron chi connectivity index (χ1n) is 9.39. The highest BCUT2D eigenvalue weighted by Crippen LogP contribution is 2.31. The summed E-state index contributed by atoms with van der Waals surface area (Å²) >= 11 is 0. The number of nitrogens with two attached hydrogens (primary N) is 1. The Morgan fingerprint density at radius 1 is 1.00 bits per heavy atom. The molecule has 0 unspecified atom stereocenters. The summed E-state index contributed by atoms with van der Waals surface area (Å²) in [6.45, 7) is 1.22. The van der Waals surface area contributed by atoms with Gasteiger partial charge in [-0.3, -0.25) is 4.72 Å². The van der Waals surface area contributed by atoms with Crippen molar-refractivity contribution in [1.82, 2.24) is 15.0 Å². The maximum Gasteiger partial charge on any atom is 0.229 e. The van der Waals surface area contributed by atoms with Crippen molar-refractivity contribution in [3.05, 3.63) is 61.1 Å². The summed E-state index contributed by atoms with van der Waals surface area (Å²) < 4.78 is 25.2. The van der Waals surface area contributed by atoms with Gasteiger partial charge in [0.2, 0.25) is 10.0 Å². The van der Waals surface area contributed by atoms with Gasteiger partial charge in [0.25, 0.3) is 0 Å². The lowest BCUT2D eigenvalue weighted by Crippen LogP contribution is -2.13. The number of aromatic nitrogens is 3. The quantitative estimate of drug-likeness (QED) is 0.363. The fourth-order valence-corrected chi connectivity index (χ4v) is 3.77. The van der Waals surface area contributed by atoms with Gasteiger partial charge in [-0.15, -0.1) is 0 Å². The molecule has 1 aromatic carbocycles. The summed E-state index contributed by atoms with van der Waals surface area (Å²) in [6.07, 6.45) is 6.66. The molecular formula is C21H22N6O2S. The zero-order valence-electron chi connectivity index (χ0n) is 16.4. The molecule has 0 saturated heterocycles. The van der Waals surface area contributed by atoms with E-state index >= 15 is 0 Å². The molecule has 0 saturated carbocycles. The third-order valence-corrected chi connectivity index (χ3v) is 5.18. The number of pyridine rings is 2. The van der Waals surface area contributed by atoms with Crippen LogP contribution in [0.15, 0.2) is 61.1 Å². The number of H-pyrrole nitrogens is 1. The van der Waals surface area contributed by atoms with Gasteiger partial charge in [-0.05, 0) is 35.9 Å². The van der Waals surface area contributed by atoms with Gasteiger partial charge in [-0.25, -0.2) is 18.4 Å². The van der Waals surface area contributed by atoms with Crippen LogP contribution in [0.5, 0.6) is 0 Å². The van der Waals surface area contributed by atoms with Crippen LogP contribution in [0.4, 0.5) is 11.5 Å². The molecule has 3 heterocycles. The summed E-state index contributed by atoms with van der Waals surface area (Å²) in [5.41, 5.74) is 10.7. The topological polar surface area (TPSA) is 126 Å². The first-order valence-corrected chi connectivity index (χ1v) is 11.3. The lowest BCUT2D eigenvalue weighted by atomic mass is 10.0. The zero-order chi connectivity index (χ0) is 21.1. The number of hydrogen-bond acceptors (Lipinski definition) is 6. The van der Waals surface area contributed by atoms with Crippen molar-refractivity contribution in [2.24, 2.45) is 5.73 Å². The molecule has 4 rings (SSSR count). The van der Waals surface area contributed by atoms with Crippen molar-refractivity contribution < 1.29 is 8.42 Å². The molecule has 4 aromatic rings. The van der Waals surface area contributed by atoms with E-state index < -0.39 is 10.0 Å². The second-order valence-corrected chi connectivity index (χ2v) is 8.67. The third-order valence-electron chi connectivity index (χ3n) is 4.58. The van der Waals surface area contributed by atoms with Gasteiger partial charge in [-0.1, -0.05) is 12.1 Å². The van der Waals surface area contributed by atoms with Crippen molar-refractivity contribution in [2.75, 3.05) is 29.4 Å². The van der Waals surface area contributed by atoms with Crippen molar-refractivity contribution in [3.63, 3.8) is 0 Å². The molecule has 0 aliphatic carbocycles. The number of fused-ring (bicyclic) bond motifs is 1. The van der Waals surface area contributed by atoms with E-state index in [-0.39, 0.29) is 0 Å². The summed E-state index contributed by atoms with van der Waals surface area (Å²) in [4.78, 5) is 12.2. The normalized spacial score (nSPS) is 11.5. The van der Waals surface area contributed by atoms with Crippen molar-refractivity contribution >= 4 is 32.6 Å². The van der Waals surface area contributed by atoms with E-state index in [0.717, 1.165) is 45.4 Å². The number of hydrogen-bond donors (Lipinski definition) is 4. The van der Waals surface area contributed by atoms with Crippen LogP contribution in [0.3, 0.4) is 0 Å². The Labute approximate surface area is 174 Å². The molecular weight excluding hydrogens is 400 g/mol. The number of benzene rings is 1. The van der Waals surface area contributed by atoms with E-state index in [4.69, 9.17) is 5.73 Å². The van der Waals surface area contributed by atoms with Crippen molar-refractivity contribution in [2.45, 2.75) is 0 Å². The molecule has 0 bridgehead atoms. The SMILES string of the molecule is CS(=O)(=O)Nc1ccc(-c2cnc3[nH]cc(-c4ccc(NCCN)nc4)c3c2)cc1. The average molecular weight is 423 g/mol. The van der Waals surface area contributed by atoms with E-state index in [1.54, 1.807) is 18.3 Å². The smallest absolute Gasteiger partial charge is 0.229 e. The van der Waals surface area contributed by atoms with Crippen LogP contribution in [-0.4, -0.2) is 42.7 Å². The monoisotopic (exact) mass is 422 g/mol. The van der Waals surface area contributed by atoms with Crippen LogP contribution in [-0.2, 0) is 10.0 Å². The van der Waals surface area contributed by atoms with E-state index in [9.17, 15) is 8.42 Å². The molecule has 154 valence electrons.